The summed E-state index contributed by atoms with van der Waals surface area (Å²) in [5, 5.41) is 0. The van der Waals surface area contributed by atoms with Crippen LogP contribution in [-0.2, 0) is 6.54 Å². The molecule has 18 heavy (non-hydrogen) atoms. The molecule has 1 aromatic heterocycles. The van der Waals surface area contributed by atoms with Crippen LogP contribution >= 0.6 is 0 Å². The average Bonchev–Trinajstić information content (AvgIpc) is 2.88. The summed E-state index contributed by atoms with van der Waals surface area (Å²) in [5.41, 5.74) is 7.50. The first-order valence-electron chi connectivity index (χ1n) is 7.33. The highest BCUT2D eigenvalue weighted by Gasteiger charge is 2.24. The lowest BCUT2D eigenvalue weighted by Gasteiger charge is -2.21. The normalized spacial score (nSPS) is 25.8. The fourth-order valence-corrected chi connectivity index (χ4v) is 3.17. The quantitative estimate of drug-likeness (QED) is 0.869. The van der Waals surface area contributed by atoms with E-state index in [1.165, 1.54) is 25.0 Å². The molecule has 0 spiro atoms. The Labute approximate surface area is 111 Å². The highest BCUT2D eigenvalue weighted by Crippen LogP contribution is 2.33. The predicted octanol–water partition coefficient (Wildman–Crippen LogP) is 3.37. The maximum Gasteiger partial charge on any atom is 0.0948 e. The van der Waals surface area contributed by atoms with Gasteiger partial charge < -0.3 is 10.3 Å². The zero-order valence-corrected chi connectivity index (χ0v) is 12.0. The lowest BCUT2D eigenvalue weighted by molar-refractivity contribution is 0.353. The third-order valence-corrected chi connectivity index (χ3v) is 4.32. The number of nitrogens with two attached hydrogens (primary N) is 1. The van der Waals surface area contributed by atoms with Gasteiger partial charge in [0.15, 0.2) is 0 Å². The van der Waals surface area contributed by atoms with Gasteiger partial charge in [0.1, 0.15) is 0 Å². The largest absolute Gasteiger partial charge is 0.333 e. The minimum atomic E-state index is 0.129. The van der Waals surface area contributed by atoms with Gasteiger partial charge in [-0.2, -0.15) is 0 Å². The van der Waals surface area contributed by atoms with Crippen molar-refractivity contribution in [2.75, 3.05) is 0 Å². The van der Waals surface area contributed by atoms with Gasteiger partial charge in [0.25, 0.3) is 0 Å². The molecule has 3 unspecified atom stereocenters. The molecule has 0 radical (unpaired) electrons. The van der Waals surface area contributed by atoms with Gasteiger partial charge in [-0.05, 0) is 30.6 Å². The third-order valence-electron chi connectivity index (χ3n) is 4.32. The fourth-order valence-electron chi connectivity index (χ4n) is 3.17. The van der Waals surface area contributed by atoms with Crippen LogP contribution < -0.4 is 5.73 Å². The van der Waals surface area contributed by atoms with Gasteiger partial charge in [0.05, 0.1) is 12.0 Å². The molecule has 1 aromatic rings. The van der Waals surface area contributed by atoms with Crippen molar-refractivity contribution in [2.24, 2.45) is 23.5 Å². The number of nitrogens with zero attached hydrogens (tertiary/aromatic N) is 2. The summed E-state index contributed by atoms with van der Waals surface area (Å²) in [6.07, 6.45) is 9.07. The maximum atomic E-state index is 6.29. The molecule has 2 rings (SSSR count). The van der Waals surface area contributed by atoms with Crippen molar-refractivity contribution in [3.8, 4) is 0 Å². The van der Waals surface area contributed by atoms with Gasteiger partial charge >= 0.3 is 0 Å². The second-order valence-corrected chi connectivity index (χ2v) is 6.38. The first kappa shape index (κ1) is 13.6. The molecule has 0 bridgehead atoms. The Bertz CT molecular complexity index is 370. The monoisotopic (exact) mass is 249 g/mol. The highest BCUT2D eigenvalue weighted by molar-refractivity contribution is 5.05. The van der Waals surface area contributed by atoms with E-state index in [2.05, 4.69) is 30.3 Å². The van der Waals surface area contributed by atoms with Crippen LogP contribution in [0, 0.1) is 17.8 Å². The van der Waals surface area contributed by atoms with Crippen molar-refractivity contribution in [3.63, 3.8) is 0 Å². The molecule has 3 nitrogen and oxygen atoms in total. The van der Waals surface area contributed by atoms with Crippen molar-refractivity contribution >= 4 is 0 Å². The van der Waals surface area contributed by atoms with Crippen LogP contribution in [-0.4, -0.2) is 9.55 Å². The van der Waals surface area contributed by atoms with Crippen LogP contribution in [0.2, 0.25) is 0 Å². The van der Waals surface area contributed by atoms with E-state index in [-0.39, 0.29) is 6.04 Å². The van der Waals surface area contributed by atoms with Crippen molar-refractivity contribution in [2.45, 2.75) is 59.0 Å². The molecule has 1 fully saturated rings. The van der Waals surface area contributed by atoms with Gasteiger partial charge in [-0.1, -0.05) is 33.6 Å². The number of rotatable bonds is 5. The van der Waals surface area contributed by atoms with Gasteiger partial charge in [0.2, 0.25) is 0 Å². The molecule has 0 amide bonds. The van der Waals surface area contributed by atoms with E-state index in [1.807, 2.05) is 12.5 Å². The van der Waals surface area contributed by atoms with Gasteiger partial charge in [-0.3, -0.25) is 0 Å². The standard InChI is InChI=1S/C15H27N3/c1-11(2)7-14(16)15-8-17-10-18(15)9-13-6-4-5-12(13)3/h8,10-14H,4-7,9,16H2,1-3H3. The van der Waals surface area contributed by atoms with Crippen molar-refractivity contribution < 1.29 is 0 Å². The Hall–Kier alpha value is -0.830. The van der Waals surface area contributed by atoms with Crippen LogP contribution in [0.15, 0.2) is 12.5 Å². The van der Waals surface area contributed by atoms with Crippen LogP contribution in [0.3, 0.4) is 0 Å². The lowest BCUT2D eigenvalue weighted by Crippen LogP contribution is -2.20. The second-order valence-electron chi connectivity index (χ2n) is 6.38. The van der Waals surface area contributed by atoms with E-state index in [0.717, 1.165) is 24.8 Å². The molecule has 1 aliphatic carbocycles. The molecule has 1 heterocycles. The SMILES string of the molecule is CC(C)CC(N)c1cncn1CC1CCCC1C. The van der Waals surface area contributed by atoms with Gasteiger partial charge in [0, 0.05) is 18.8 Å². The van der Waals surface area contributed by atoms with E-state index >= 15 is 0 Å². The summed E-state index contributed by atoms with van der Waals surface area (Å²) >= 11 is 0. The van der Waals surface area contributed by atoms with Gasteiger partial charge in [-0.25, -0.2) is 4.98 Å². The predicted molar refractivity (Wildman–Crippen MR) is 75.1 cm³/mol. The molecule has 0 aliphatic heterocycles. The lowest BCUT2D eigenvalue weighted by atomic mass is 9.97. The topological polar surface area (TPSA) is 43.8 Å². The van der Waals surface area contributed by atoms with E-state index in [0.29, 0.717) is 5.92 Å². The first-order chi connectivity index (χ1) is 8.58. The molecule has 0 saturated heterocycles. The Kier molecular flexibility index (Phi) is 4.44. The molecule has 2 N–H and O–H groups in total. The van der Waals surface area contributed by atoms with Crippen LogP contribution in [0.1, 0.15) is 58.2 Å². The summed E-state index contributed by atoms with van der Waals surface area (Å²) < 4.78 is 2.29. The number of imidazole rings is 1. The third kappa shape index (κ3) is 3.14. The van der Waals surface area contributed by atoms with Crippen LogP contribution in [0.25, 0.3) is 0 Å². The molecule has 3 heteroatoms. The molecular weight excluding hydrogens is 222 g/mol. The van der Waals surface area contributed by atoms with Crippen LogP contribution in [0.4, 0.5) is 0 Å². The molecule has 1 aliphatic rings. The average molecular weight is 249 g/mol. The number of hydrogen-bond acceptors (Lipinski definition) is 2. The molecule has 102 valence electrons. The molecule has 3 atom stereocenters. The molecule has 1 saturated carbocycles. The summed E-state index contributed by atoms with van der Waals surface area (Å²) in [5.74, 6) is 2.29. The van der Waals surface area contributed by atoms with Crippen LogP contribution in [0.5, 0.6) is 0 Å². The first-order valence-corrected chi connectivity index (χ1v) is 7.33. The Morgan fingerprint density at radius 3 is 2.83 bits per heavy atom. The van der Waals surface area contributed by atoms with E-state index < -0.39 is 0 Å². The minimum absolute atomic E-state index is 0.129. The van der Waals surface area contributed by atoms with Crippen molar-refractivity contribution in [3.05, 3.63) is 18.2 Å². The van der Waals surface area contributed by atoms with E-state index in [1.54, 1.807) is 0 Å². The maximum absolute atomic E-state index is 6.29. The summed E-state index contributed by atoms with van der Waals surface area (Å²) in [4.78, 5) is 4.30. The summed E-state index contributed by atoms with van der Waals surface area (Å²) in [6, 6.07) is 0.129. The van der Waals surface area contributed by atoms with E-state index in [9.17, 15) is 0 Å². The highest BCUT2D eigenvalue weighted by atomic mass is 15.1. The Morgan fingerprint density at radius 2 is 2.22 bits per heavy atom. The van der Waals surface area contributed by atoms with Gasteiger partial charge in [-0.15, -0.1) is 0 Å². The van der Waals surface area contributed by atoms with Crippen molar-refractivity contribution in [1.29, 1.82) is 0 Å². The smallest absolute Gasteiger partial charge is 0.0948 e. The molecule has 0 aromatic carbocycles. The number of hydrogen-bond donors (Lipinski definition) is 1. The Balaban J connectivity index is 2.03. The number of aromatic nitrogens is 2. The second kappa shape index (κ2) is 5.87. The Morgan fingerprint density at radius 1 is 1.44 bits per heavy atom. The molecular formula is C15H27N3. The summed E-state index contributed by atoms with van der Waals surface area (Å²) in [7, 11) is 0. The zero-order chi connectivity index (χ0) is 13.1. The van der Waals surface area contributed by atoms with E-state index in [4.69, 9.17) is 5.73 Å². The zero-order valence-electron chi connectivity index (χ0n) is 12.0. The fraction of sp³-hybridized carbons (Fsp3) is 0.800. The summed E-state index contributed by atoms with van der Waals surface area (Å²) in [6.45, 7) is 7.92. The minimum Gasteiger partial charge on any atom is -0.333 e. The van der Waals surface area contributed by atoms with Crippen molar-refractivity contribution in [1.82, 2.24) is 9.55 Å².